The van der Waals surface area contributed by atoms with Gasteiger partial charge in [-0.05, 0) is 43.9 Å². The normalized spacial score (nSPS) is 16.9. The van der Waals surface area contributed by atoms with Crippen LogP contribution in [0.2, 0.25) is 0 Å². The molecule has 38 heavy (non-hydrogen) atoms. The van der Waals surface area contributed by atoms with E-state index in [1.807, 2.05) is 82.4 Å². The van der Waals surface area contributed by atoms with Crippen molar-refractivity contribution in [1.29, 1.82) is 0 Å². The Bertz CT molecular complexity index is 1470. The molecule has 0 saturated heterocycles. The number of benzene rings is 2. The number of carbonyl (C=O) groups excluding carboxylic acids is 2. The fourth-order valence-electron chi connectivity index (χ4n) is 6.17. The van der Waals surface area contributed by atoms with E-state index in [-0.39, 0.29) is 17.9 Å². The molecule has 194 valence electrons. The number of fused-ring (bicyclic) bond motifs is 2. The van der Waals surface area contributed by atoms with Crippen LogP contribution in [0.25, 0.3) is 22.2 Å². The van der Waals surface area contributed by atoms with E-state index in [1.54, 1.807) is 0 Å². The number of hydrogen-bond donors (Lipinski definition) is 1. The average molecular weight is 507 g/mol. The number of nitrogens with zero attached hydrogens (tertiary/aromatic N) is 3. The molecule has 2 aromatic heterocycles. The molecule has 1 atom stereocenters. The monoisotopic (exact) mass is 506 g/mol. The number of carbonyl (C=O) groups is 2. The predicted octanol–water partition coefficient (Wildman–Crippen LogP) is 6.06. The highest BCUT2D eigenvalue weighted by Gasteiger charge is 2.30. The summed E-state index contributed by atoms with van der Waals surface area (Å²) in [4.78, 5) is 34.5. The van der Waals surface area contributed by atoms with Gasteiger partial charge in [-0.2, -0.15) is 0 Å². The summed E-state index contributed by atoms with van der Waals surface area (Å²) in [6.45, 7) is 3.78. The van der Waals surface area contributed by atoms with Crippen LogP contribution in [0, 0.1) is 5.92 Å². The lowest BCUT2D eigenvalue weighted by atomic mass is 9.84. The van der Waals surface area contributed by atoms with Crippen molar-refractivity contribution in [2.45, 2.75) is 58.2 Å². The van der Waals surface area contributed by atoms with Crippen LogP contribution in [0.5, 0.6) is 0 Å². The lowest BCUT2D eigenvalue weighted by Crippen LogP contribution is -2.41. The third-order valence-corrected chi connectivity index (χ3v) is 8.28. The van der Waals surface area contributed by atoms with Crippen molar-refractivity contribution in [3.63, 3.8) is 0 Å². The molecule has 0 bridgehead atoms. The van der Waals surface area contributed by atoms with E-state index in [1.165, 1.54) is 19.3 Å². The van der Waals surface area contributed by atoms with Crippen molar-refractivity contribution in [1.82, 2.24) is 19.8 Å². The SMILES string of the molecule is CC(NC(=O)c1c(CN2CCn3cccc3C2=O)c(-c2ccccc2)nc2ccccc12)C1CCCCC1. The molecule has 1 aliphatic carbocycles. The van der Waals surface area contributed by atoms with Crippen molar-refractivity contribution in [2.75, 3.05) is 6.54 Å². The summed E-state index contributed by atoms with van der Waals surface area (Å²) < 4.78 is 2.00. The van der Waals surface area contributed by atoms with Crippen molar-refractivity contribution in [3.05, 3.63) is 89.7 Å². The number of nitrogens with one attached hydrogen (secondary N) is 1. The Hall–Kier alpha value is -3.93. The molecule has 1 fully saturated rings. The lowest BCUT2D eigenvalue weighted by Gasteiger charge is -2.31. The van der Waals surface area contributed by atoms with E-state index in [0.717, 1.165) is 47.1 Å². The van der Waals surface area contributed by atoms with Gasteiger partial charge in [-0.15, -0.1) is 0 Å². The van der Waals surface area contributed by atoms with Gasteiger partial charge in [0.15, 0.2) is 0 Å². The Kier molecular flexibility index (Phi) is 6.71. The van der Waals surface area contributed by atoms with E-state index < -0.39 is 0 Å². The molecule has 0 spiro atoms. The number of para-hydroxylation sites is 1. The smallest absolute Gasteiger partial charge is 0.270 e. The Morgan fingerprint density at radius 3 is 2.55 bits per heavy atom. The first-order valence-electron chi connectivity index (χ1n) is 13.8. The molecular formula is C32H34N4O2. The van der Waals surface area contributed by atoms with Crippen LogP contribution in [0.15, 0.2) is 72.9 Å². The van der Waals surface area contributed by atoms with Crippen LogP contribution < -0.4 is 5.32 Å². The van der Waals surface area contributed by atoms with Crippen LogP contribution in [0.3, 0.4) is 0 Å². The Labute approximate surface area is 223 Å². The molecule has 1 aliphatic heterocycles. The zero-order valence-electron chi connectivity index (χ0n) is 21.9. The lowest BCUT2D eigenvalue weighted by molar-refractivity contribution is 0.0688. The van der Waals surface area contributed by atoms with Crippen LogP contribution in [0.1, 0.15) is 65.4 Å². The van der Waals surface area contributed by atoms with Gasteiger partial charge in [0.25, 0.3) is 11.8 Å². The van der Waals surface area contributed by atoms with Crippen LogP contribution in [0.4, 0.5) is 0 Å². The first kappa shape index (κ1) is 24.4. The molecular weight excluding hydrogens is 472 g/mol. The summed E-state index contributed by atoms with van der Waals surface area (Å²) in [6, 6.07) is 21.7. The minimum Gasteiger partial charge on any atom is -0.349 e. The first-order valence-corrected chi connectivity index (χ1v) is 13.8. The quantitative estimate of drug-likeness (QED) is 0.346. The molecule has 0 radical (unpaired) electrons. The van der Waals surface area contributed by atoms with E-state index in [9.17, 15) is 9.59 Å². The molecule has 6 nitrogen and oxygen atoms in total. The number of rotatable bonds is 6. The van der Waals surface area contributed by atoms with Crippen molar-refractivity contribution >= 4 is 22.7 Å². The molecule has 6 heteroatoms. The first-order chi connectivity index (χ1) is 18.6. The summed E-state index contributed by atoms with van der Waals surface area (Å²) >= 11 is 0. The Morgan fingerprint density at radius 1 is 0.974 bits per heavy atom. The van der Waals surface area contributed by atoms with Gasteiger partial charge in [0, 0.05) is 48.4 Å². The zero-order chi connectivity index (χ0) is 26.1. The topological polar surface area (TPSA) is 67.2 Å². The third kappa shape index (κ3) is 4.60. The van der Waals surface area contributed by atoms with Gasteiger partial charge >= 0.3 is 0 Å². The fourth-order valence-corrected chi connectivity index (χ4v) is 6.17. The maximum absolute atomic E-state index is 14.1. The van der Waals surface area contributed by atoms with Crippen molar-refractivity contribution < 1.29 is 9.59 Å². The van der Waals surface area contributed by atoms with Gasteiger partial charge in [-0.3, -0.25) is 9.59 Å². The zero-order valence-corrected chi connectivity index (χ0v) is 21.9. The number of pyridine rings is 1. The minimum atomic E-state index is -0.0818. The summed E-state index contributed by atoms with van der Waals surface area (Å²) in [7, 11) is 0. The van der Waals surface area contributed by atoms with E-state index >= 15 is 0 Å². The predicted molar refractivity (Wildman–Crippen MR) is 150 cm³/mol. The van der Waals surface area contributed by atoms with Gasteiger partial charge in [-0.25, -0.2) is 4.98 Å². The number of amides is 2. The molecule has 2 amide bonds. The van der Waals surface area contributed by atoms with E-state index in [2.05, 4.69) is 12.2 Å². The second-order valence-corrected chi connectivity index (χ2v) is 10.7. The standard InChI is InChI=1S/C32H34N4O2/c1-22(23-11-4-2-5-12-23)33-31(37)29-25-15-8-9-16-27(25)34-30(24-13-6-3-7-14-24)26(29)21-36-20-19-35-18-10-17-28(35)32(36)38/h3,6-10,13-18,22-23H,2,4-5,11-12,19-21H2,1H3,(H,33,37). The molecule has 6 rings (SSSR count). The Balaban J connectivity index is 1.46. The molecule has 4 aromatic rings. The maximum Gasteiger partial charge on any atom is 0.270 e. The number of aromatic nitrogens is 2. The summed E-state index contributed by atoms with van der Waals surface area (Å²) in [6.07, 6.45) is 7.99. The van der Waals surface area contributed by atoms with Gasteiger partial charge in [0.1, 0.15) is 5.69 Å². The summed E-state index contributed by atoms with van der Waals surface area (Å²) in [5, 5.41) is 4.19. The molecule has 3 heterocycles. The number of hydrogen-bond acceptors (Lipinski definition) is 3. The van der Waals surface area contributed by atoms with E-state index in [0.29, 0.717) is 30.3 Å². The van der Waals surface area contributed by atoms with Gasteiger partial charge < -0.3 is 14.8 Å². The van der Waals surface area contributed by atoms with E-state index in [4.69, 9.17) is 4.98 Å². The largest absolute Gasteiger partial charge is 0.349 e. The summed E-state index contributed by atoms with van der Waals surface area (Å²) in [5.41, 5.74) is 4.60. The van der Waals surface area contributed by atoms with Crippen molar-refractivity contribution in [2.24, 2.45) is 5.92 Å². The highest BCUT2D eigenvalue weighted by Crippen LogP contribution is 2.33. The van der Waals surface area contributed by atoms with Gasteiger partial charge in [0.05, 0.1) is 16.8 Å². The molecule has 1 saturated carbocycles. The third-order valence-electron chi connectivity index (χ3n) is 8.28. The second kappa shape index (κ2) is 10.4. The molecule has 2 aromatic carbocycles. The molecule has 1 unspecified atom stereocenters. The van der Waals surface area contributed by atoms with Crippen molar-refractivity contribution in [3.8, 4) is 11.3 Å². The fraction of sp³-hybridized carbons (Fsp3) is 0.344. The summed E-state index contributed by atoms with van der Waals surface area (Å²) in [5.74, 6) is 0.395. The van der Waals surface area contributed by atoms with Gasteiger partial charge in [-0.1, -0.05) is 67.8 Å². The highest BCUT2D eigenvalue weighted by atomic mass is 16.2. The Morgan fingerprint density at radius 2 is 1.74 bits per heavy atom. The van der Waals surface area contributed by atoms with Crippen LogP contribution in [-0.2, 0) is 13.1 Å². The highest BCUT2D eigenvalue weighted by molar-refractivity contribution is 6.09. The second-order valence-electron chi connectivity index (χ2n) is 10.7. The molecule has 1 N–H and O–H groups in total. The van der Waals surface area contributed by atoms with Crippen LogP contribution >= 0.6 is 0 Å². The van der Waals surface area contributed by atoms with Crippen LogP contribution in [-0.4, -0.2) is 38.9 Å². The average Bonchev–Trinajstić information content (AvgIpc) is 3.45. The maximum atomic E-state index is 14.1. The molecule has 2 aliphatic rings. The minimum absolute atomic E-state index is 0.0182. The van der Waals surface area contributed by atoms with Gasteiger partial charge in [0.2, 0.25) is 0 Å².